The van der Waals surface area contributed by atoms with Crippen LogP contribution >= 0.6 is 0 Å². The van der Waals surface area contributed by atoms with Crippen LogP contribution in [0.1, 0.15) is 19.4 Å². The molecule has 4 heteroatoms. The molecular weight excluding hydrogens is 242 g/mol. The molecule has 0 aromatic heterocycles. The number of ether oxygens (including phenoxy) is 2. The van der Waals surface area contributed by atoms with Crippen molar-refractivity contribution in [3.63, 3.8) is 0 Å². The minimum Gasteiger partial charge on any atom is -0.497 e. The van der Waals surface area contributed by atoms with E-state index in [9.17, 15) is 4.79 Å². The maximum absolute atomic E-state index is 11.6. The number of rotatable bonds is 6. The van der Waals surface area contributed by atoms with Gasteiger partial charge in [0.25, 0.3) is 0 Å². The van der Waals surface area contributed by atoms with E-state index in [0.717, 1.165) is 11.3 Å². The van der Waals surface area contributed by atoms with E-state index in [2.05, 4.69) is 19.2 Å². The van der Waals surface area contributed by atoms with E-state index in [-0.39, 0.29) is 5.91 Å². The molecule has 1 amide bonds. The Balaban J connectivity index is 2.76. The molecule has 0 bridgehead atoms. The Morgan fingerprint density at radius 1 is 1.32 bits per heavy atom. The largest absolute Gasteiger partial charge is 0.497 e. The molecule has 0 aliphatic heterocycles. The van der Waals surface area contributed by atoms with Crippen LogP contribution in [-0.2, 0) is 4.79 Å². The van der Waals surface area contributed by atoms with Crippen LogP contribution in [0.5, 0.6) is 11.5 Å². The number of hydrogen-bond donors (Lipinski definition) is 1. The number of carbonyl (C=O) groups excluding carboxylic acids is 1. The lowest BCUT2D eigenvalue weighted by Gasteiger charge is -2.07. The van der Waals surface area contributed by atoms with E-state index < -0.39 is 0 Å². The van der Waals surface area contributed by atoms with Crippen molar-refractivity contribution < 1.29 is 14.3 Å². The van der Waals surface area contributed by atoms with Crippen molar-refractivity contribution in [2.75, 3.05) is 20.8 Å². The smallest absolute Gasteiger partial charge is 0.244 e. The number of hydrogen-bond acceptors (Lipinski definition) is 3. The standard InChI is InChI=1S/C15H21NO3/c1-11(2)10-16-15(17)8-5-12-9-13(18-3)6-7-14(12)19-4/h5-9,11H,10H2,1-4H3,(H,16,17)/b8-5+. The Bertz CT molecular complexity index is 453. The van der Waals surface area contributed by atoms with Crippen molar-refractivity contribution in [3.8, 4) is 11.5 Å². The average molecular weight is 263 g/mol. The van der Waals surface area contributed by atoms with Crippen molar-refractivity contribution in [2.24, 2.45) is 5.92 Å². The van der Waals surface area contributed by atoms with E-state index in [1.807, 2.05) is 18.2 Å². The van der Waals surface area contributed by atoms with Gasteiger partial charge in [-0.1, -0.05) is 13.8 Å². The molecule has 0 unspecified atom stereocenters. The summed E-state index contributed by atoms with van der Waals surface area (Å²) in [7, 11) is 3.20. The summed E-state index contributed by atoms with van der Waals surface area (Å²) < 4.78 is 10.4. The van der Waals surface area contributed by atoms with Crippen molar-refractivity contribution in [1.82, 2.24) is 5.32 Å². The first-order valence-corrected chi connectivity index (χ1v) is 6.24. The van der Waals surface area contributed by atoms with Gasteiger partial charge < -0.3 is 14.8 Å². The molecule has 0 saturated heterocycles. The van der Waals surface area contributed by atoms with Crippen molar-refractivity contribution in [3.05, 3.63) is 29.8 Å². The maximum atomic E-state index is 11.6. The molecule has 1 aromatic carbocycles. The fourth-order valence-electron chi connectivity index (χ4n) is 1.50. The second-order valence-electron chi connectivity index (χ2n) is 4.58. The van der Waals surface area contributed by atoms with Crippen molar-refractivity contribution in [2.45, 2.75) is 13.8 Å². The van der Waals surface area contributed by atoms with Gasteiger partial charge >= 0.3 is 0 Å². The van der Waals surface area contributed by atoms with Crippen LogP contribution < -0.4 is 14.8 Å². The summed E-state index contributed by atoms with van der Waals surface area (Å²) in [4.78, 5) is 11.6. The fourth-order valence-corrected chi connectivity index (χ4v) is 1.50. The highest BCUT2D eigenvalue weighted by atomic mass is 16.5. The van der Waals surface area contributed by atoms with Crippen molar-refractivity contribution >= 4 is 12.0 Å². The molecular formula is C15H21NO3. The lowest BCUT2D eigenvalue weighted by atomic mass is 10.1. The quantitative estimate of drug-likeness (QED) is 0.802. The molecule has 0 radical (unpaired) electrons. The second-order valence-corrected chi connectivity index (χ2v) is 4.58. The number of nitrogens with one attached hydrogen (secondary N) is 1. The maximum Gasteiger partial charge on any atom is 0.244 e. The predicted molar refractivity (Wildman–Crippen MR) is 76.4 cm³/mol. The van der Waals surface area contributed by atoms with Gasteiger partial charge in [0.05, 0.1) is 14.2 Å². The van der Waals surface area contributed by atoms with Gasteiger partial charge in [0.2, 0.25) is 5.91 Å². The molecule has 104 valence electrons. The van der Waals surface area contributed by atoms with Gasteiger partial charge in [-0.25, -0.2) is 0 Å². The molecule has 19 heavy (non-hydrogen) atoms. The van der Waals surface area contributed by atoms with Crippen LogP contribution in [0.2, 0.25) is 0 Å². The molecule has 1 rings (SSSR count). The number of methoxy groups -OCH3 is 2. The molecule has 1 aromatic rings. The highest BCUT2D eigenvalue weighted by molar-refractivity contribution is 5.92. The topological polar surface area (TPSA) is 47.6 Å². The molecule has 0 atom stereocenters. The summed E-state index contributed by atoms with van der Waals surface area (Å²) in [6.07, 6.45) is 3.22. The van der Waals surface area contributed by atoms with Gasteiger partial charge in [0.1, 0.15) is 11.5 Å². The molecule has 0 aliphatic carbocycles. The predicted octanol–water partition coefficient (Wildman–Crippen LogP) is 2.49. The first-order valence-electron chi connectivity index (χ1n) is 6.24. The Morgan fingerprint density at radius 3 is 2.63 bits per heavy atom. The van der Waals surface area contributed by atoms with Gasteiger partial charge in [-0.15, -0.1) is 0 Å². The van der Waals surface area contributed by atoms with E-state index in [1.165, 1.54) is 6.08 Å². The number of amides is 1. The Hall–Kier alpha value is -1.97. The van der Waals surface area contributed by atoms with Gasteiger partial charge in [-0.3, -0.25) is 4.79 Å². The summed E-state index contributed by atoms with van der Waals surface area (Å²) in [6, 6.07) is 5.45. The zero-order valence-corrected chi connectivity index (χ0v) is 11.9. The lowest BCUT2D eigenvalue weighted by molar-refractivity contribution is -0.116. The Morgan fingerprint density at radius 2 is 2.05 bits per heavy atom. The van der Waals surface area contributed by atoms with Crippen LogP contribution in [0, 0.1) is 5.92 Å². The highest BCUT2D eigenvalue weighted by Gasteiger charge is 2.03. The van der Waals surface area contributed by atoms with E-state index in [4.69, 9.17) is 9.47 Å². The highest BCUT2D eigenvalue weighted by Crippen LogP contribution is 2.24. The van der Waals surface area contributed by atoms with Crippen LogP contribution in [0.3, 0.4) is 0 Å². The Kier molecular flexibility index (Phi) is 5.93. The summed E-state index contributed by atoms with van der Waals surface area (Å²) >= 11 is 0. The van der Waals surface area contributed by atoms with Gasteiger partial charge in [-0.05, 0) is 30.2 Å². The zero-order chi connectivity index (χ0) is 14.3. The minimum atomic E-state index is -0.112. The summed E-state index contributed by atoms with van der Waals surface area (Å²) in [5.74, 6) is 1.75. The average Bonchev–Trinajstić information content (AvgIpc) is 2.42. The third kappa shape index (κ3) is 5.04. The SMILES string of the molecule is COc1ccc(OC)c(/C=C/C(=O)NCC(C)C)c1. The van der Waals surface area contributed by atoms with E-state index >= 15 is 0 Å². The van der Waals surface area contributed by atoms with Gasteiger partial charge in [0.15, 0.2) is 0 Å². The summed E-state index contributed by atoms with van der Waals surface area (Å²) in [6.45, 7) is 4.77. The lowest BCUT2D eigenvalue weighted by Crippen LogP contribution is -2.25. The molecule has 0 spiro atoms. The third-order valence-electron chi connectivity index (χ3n) is 2.54. The number of benzene rings is 1. The van der Waals surface area contributed by atoms with E-state index in [0.29, 0.717) is 18.2 Å². The van der Waals surface area contributed by atoms with E-state index in [1.54, 1.807) is 20.3 Å². The molecule has 0 fully saturated rings. The van der Waals surface area contributed by atoms with Crippen LogP contribution in [0.4, 0.5) is 0 Å². The minimum absolute atomic E-state index is 0.112. The fraction of sp³-hybridized carbons (Fsp3) is 0.400. The summed E-state index contributed by atoms with van der Waals surface area (Å²) in [5.41, 5.74) is 0.807. The summed E-state index contributed by atoms with van der Waals surface area (Å²) in [5, 5.41) is 2.82. The molecule has 0 saturated carbocycles. The first kappa shape index (κ1) is 15.1. The zero-order valence-electron chi connectivity index (χ0n) is 11.9. The Labute approximate surface area is 114 Å². The van der Waals surface area contributed by atoms with Crippen molar-refractivity contribution in [1.29, 1.82) is 0 Å². The molecule has 1 N–H and O–H groups in total. The van der Waals surface area contributed by atoms with Crippen LogP contribution in [0.15, 0.2) is 24.3 Å². The molecule has 4 nitrogen and oxygen atoms in total. The van der Waals surface area contributed by atoms with Gasteiger partial charge in [-0.2, -0.15) is 0 Å². The monoisotopic (exact) mass is 263 g/mol. The first-order chi connectivity index (χ1) is 9.06. The molecule has 0 aliphatic rings. The number of carbonyl (C=O) groups is 1. The van der Waals surface area contributed by atoms with Crippen LogP contribution in [-0.4, -0.2) is 26.7 Å². The van der Waals surface area contributed by atoms with Gasteiger partial charge in [0, 0.05) is 18.2 Å². The molecule has 0 heterocycles. The normalized spacial score (nSPS) is 10.8. The third-order valence-corrected chi connectivity index (χ3v) is 2.54. The van der Waals surface area contributed by atoms with Crippen LogP contribution in [0.25, 0.3) is 6.08 Å². The second kappa shape index (κ2) is 7.46.